The lowest BCUT2D eigenvalue weighted by atomic mass is 9.97. The molecule has 0 aliphatic carbocycles. The molecule has 0 radical (unpaired) electrons. The lowest BCUT2D eigenvalue weighted by molar-refractivity contribution is -0.162. The molecule has 41 heavy (non-hydrogen) atoms. The third kappa shape index (κ3) is 6.52. The van der Waals surface area contributed by atoms with Crippen molar-refractivity contribution in [3.05, 3.63) is 30.3 Å². The van der Waals surface area contributed by atoms with Gasteiger partial charge in [0, 0.05) is 0 Å². The molecule has 14 nitrogen and oxygen atoms in total. The van der Waals surface area contributed by atoms with E-state index in [1.54, 1.807) is 78.8 Å². The molecule has 226 valence electrons. The van der Waals surface area contributed by atoms with Crippen LogP contribution in [0.25, 0.3) is 5.69 Å². The molecule has 4 rings (SSSR count). The molecule has 1 aromatic carbocycles. The minimum atomic E-state index is -4.02. The van der Waals surface area contributed by atoms with Crippen LogP contribution in [-0.2, 0) is 38.3 Å². The molecule has 2 aliphatic rings. The van der Waals surface area contributed by atoms with Crippen LogP contribution in [-0.4, -0.2) is 99.9 Å². The molecule has 1 amide bonds. The Morgan fingerprint density at radius 3 is 2.32 bits per heavy atom. The molecule has 0 bridgehead atoms. The zero-order chi connectivity index (χ0) is 30.4. The zero-order valence-corrected chi connectivity index (χ0v) is 25.2. The van der Waals surface area contributed by atoms with E-state index >= 15 is 0 Å². The predicted molar refractivity (Wildman–Crippen MR) is 142 cm³/mol. The fourth-order valence-corrected chi connectivity index (χ4v) is 6.34. The van der Waals surface area contributed by atoms with E-state index in [4.69, 9.17) is 23.7 Å². The molecule has 1 aromatic heterocycles. The molecule has 2 saturated heterocycles. The smallest absolute Gasteiger partial charge is 0.413 e. The first kappa shape index (κ1) is 30.8. The highest BCUT2D eigenvalue weighted by molar-refractivity contribution is 7.91. The summed E-state index contributed by atoms with van der Waals surface area (Å²) >= 11 is 0. The van der Waals surface area contributed by atoms with Crippen molar-refractivity contribution in [2.45, 2.75) is 102 Å². The van der Waals surface area contributed by atoms with Gasteiger partial charge in [-0.15, -0.1) is 0 Å². The molecule has 15 heteroatoms. The van der Waals surface area contributed by atoms with Gasteiger partial charge in [0.1, 0.15) is 23.5 Å². The number of nitrogens with zero attached hydrogens (tertiary/aromatic N) is 5. The molecular formula is C26H37N5O9S. The van der Waals surface area contributed by atoms with Crippen molar-refractivity contribution in [2.75, 3.05) is 12.9 Å². The summed E-state index contributed by atoms with van der Waals surface area (Å²) in [6.07, 6.45) is -3.91. The standard InChI is InChI=1S/C26H37N5O9S/c1-24(2,3)40-23(33)30-18(20(21(32)36-8)38-25(30,4)5)19-17(37-26(6,7)39-19)14-15-41(34,35)22-27-28-29-31(22)16-12-10-9-11-13-16/h9-13,17-20H,14-15H2,1-8H3/t17-,18+,19+,20-/m0/s1. The van der Waals surface area contributed by atoms with Gasteiger partial charge in [0.15, 0.2) is 11.9 Å². The van der Waals surface area contributed by atoms with Gasteiger partial charge in [-0.2, -0.15) is 4.68 Å². The fourth-order valence-electron chi connectivity index (χ4n) is 5.05. The van der Waals surface area contributed by atoms with Gasteiger partial charge < -0.3 is 23.7 Å². The highest BCUT2D eigenvalue weighted by Gasteiger charge is 2.61. The Bertz CT molecular complexity index is 1370. The average Bonchev–Trinajstić information content (AvgIpc) is 3.55. The van der Waals surface area contributed by atoms with Gasteiger partial charge in [-0.25, -0.2) is 18.0 Å². The number of tetrazole rings is 1. The number of sulfone groups is 1. The Morgan fingerprint density at radius 1 is 1.05 bits per heavy atom. The lowest BCUT2D eigenvalue weighted by Gasteiger charge is -2.37. The molecule has 4 atom stereocenters. The predicted octanol–water partition coefficient (Wildman–Crippen LogP) is 2.26. The maximum Gasteiger partial charge on any atom is 0.413 e. The topological polar surface area (TPSA) is 161 Å². The van der Waals surface area contributed by atoms with Crippen molar-refractivity contribution in [2.24, 2.45) is 0 Å². The molecule has 3 heterocycles. The fraction of sp³-hybridized carbons (Fsp3) is 0.654. The number of ether oxygens (including phenoxy) is 5. The number of carbonyl (C=O) groups excluding carboxylic acids is 2. The van der Waals surface area contributed by atoms with Gasteiger partial charge in [-0.05, 0) is 77.4 Å². The Kier molecular flexibility index (Phi) is 8.21. The van der Waals surface area contributed by atoms with Crippen LogP contribution in [0, 0.1) is 0 Å². The summed E-state index contributed by atoms with van der Waals surface area (Å²) < 4.78 is 57.1. The SMILES string of the molecule is COC(=O)[C@H]1OC(C)(C)N(C(=O)OC(C)(C)C)[C@@H]1[C@@H]1OC(C)(C)O[C@H]1CCS(=O)(=O)c1nnnn1-c1ccccc1. The number of esters is 1. The number of amides is 1. The second kappa shape index (κ2) is 10.9. The highest BCUT2D eigenvalue weighted by atomic mass is 32.2. The van der Waals surface area contributed by atoms with Gasteiger partial charge in [0.05, 0.1) is 24.7 Å². The monoisotopic (exact) mass is 595 g/mol. The summed E-state index contributed by atoms with van der Waals surface area (Å²) in [5.74, 6) is -2.30. The third-order valence-electron chi connectivity index (χ3n) is 6.58. The Balaban J connectivity index is 1.66. The minimum absolute atomic E-state index is 0.0644. The summed E-state index contributed by atoms with van der Waals surface area (Å²) in [6.45, 7) is 11.7. The van der Waals surface area contributed by atoms with Gasteiger partial charge in [0.25, 0.3) is 5.16 Å². The summed E-state index contributed by atoms with van der Waals surface area (Å²) in [7, 11) is -2.80. The number of aromatic nitrogens is 4. The van der Waals surface area contributed by atoms with Crippen molar-refractivity contribution >= 4 is 21.9 Å². The summed E-state index contributed by atoms with van der Waals surface area (Å²) in [5, 5.41) is 10.8. The van der Waals surface area contributed by atoms with Gasteiger partial charge in [-0.3, -0.25) is 4.90 Å². The van der Waals surface area contributed by atoms with Crippen LogP contribution < -0.4 is 0 Å². The van der Waals surface area contributed by atoms with E-state index in [2.05, 4.69) is 15.5 Å². The number of hydrogen-bond donors (Lipinski definition) is 0. The zero-order valence-electron chi connectivity index (χ0n) is 24.4. The van der Waals surface area contributed by atoms with Crippen molar-refractivity contribution in [1.29, 1.82) is 0 Å². The van der Waals surface area contributed by atoms with Gasteiger partial charge in [-0.1, -0.05) is 23.3 Å². The Morgan fingerprint density at radius 2 is 1.71 bits per heavy atom. The number of methoxy groups -OCH3 is 1. The molecule has 0 N–H and O–H groups in total. The lowest BCUT2D eigenvalue weighted by Crippen LogP contribution is -2.57. The van der Waals surface area contributed by atoms with Crippen molar-refractivity contribution in [3.63, 3.8) is 0 Å². The number of rotatable bonds is 7. The second-order valence-electron chi connectivity index (χ2n) is 11.8. The molecule has 2 aromatic rings. The minimum Gasteiger partial charge on any atom is -0.467 e. The summed E-state index contributed by atoms with van der Waals surface area (Å²) in [6, 6.07) is 7.57. The van der Waals surface area contributed by atoms with E-state index < -0.39 is 69.1 Å². The molecule has 2 fully saturated rings. The van der Waals surface area contributed by atoms with Gasteiger partial charge in [0.2, 0.25) is 9.84 Å². The molecule has 0 saturated carbocycles. The van der Waals surface area contributed by atoms with Gasteiger partial charge >= 0.3 is 12.1 Å². The van der Waals surface area contributed by atoms with E-state index in [0.717, 1.165) is 4.68 Å². The van der Waals surface area contributed by atoms with Crippen LogP contribution in [0.4, 0.5) is 4.79 Å². The molecule has 0 spiro atoms. The second-order valence-corrected chi connectivity index (χ2v) is 13.8. The number of benzene rings is 1. The third-order valence-corrected chi connectivity index (χ3v) is 8.16. The molecule has 0 unspecified atom stereocenters. The van der Waals surface area contributed by atoms with Crippen LogP contribution in [0.5, 0.6) is 0 Å². The van der Waals surface area contributed by atoms with Crippen LogP contribution in [0.15, 0.2) is 35.5 Å². The van der Waals surface area contributed by atoms with Crippen molar-refractivity contribution < 1.29 is 41.7 Å². The average molecular weight is 596 g/mol. The maximum atomic E-state index is 13.5. The first-order valence-corrected chi connectivity index (χ1v) is 14.8. The molecule has 2 aliphatic heterocycles. The maximum absolute atomic E-state index is 13.5. The largest absolute Gasteiger partial charge is 0.467 e. The molecular weight excluding hydrogens is 558 g/mol. The first-order valence-electron chi connectivity index (χ1n) is 13.2. The van der Waals surface area contributed by atoms with Crippen molar-refractivity contribution in [3.8, 4) is 5.69 Å². The van der Waals surface area contributed by atoms with E-state index in [9.17, 15) is 18.0 Å². The highest BCUT2D eigenvalue weighted by Crippen LogP contribution is 2.42. The van der Waals surface area contributed by atoms with E-state index in [1.807, 2.05) is 0 Å². The van der Waals surface area contributed by atoms with Crippen LogP contribution in [0.3, 0.4) is 0 Å². The van der Waals surface area contributed by atoms with E-state index in [1.165, 1.54) is 12.0 Å². The van der Waals surface area contributed by atoms with E-state index in [0.29, 0.717) is 5.69 Å². The Hall–Kier alpha value is -3.14. The van der Waals surface area contributed by atoms with E-state index in [-0.39, 0.29) is 11.6 Å². The first-order chi connectivity index (χ1) is 19.0. The number of hydrogen-bond acceptors (Lipinski definition) is 12. The van der Waals surface area contributed by atoms with Crippen molar-refractivity contribution in [1.82, 2.24) is 25.1 Å². The number of carbonyl (C=O) groups is 2. The Labute approximate surface area is 239 Å². The normalized spacial score (nSPS) is 25.7. The quantitative estimate of drug-likeness (QED) is 0.430. The van der Waals surface area contributed by atoms with Crippen LogP contribution in [0.2, 0.25) is 0 Å². The van der Waals surface area contributed by atoms with Crippen LogP contribution in [0.1, 0.15) is 54.9 Å². The van der Waals surface area contributed by atoms with Crippen LogP contribution >= 0.6 is 0 Å². The number of para-hydroxylation sites is 1. The summed E-state index contributed by atoms with van der Waals surface area (Å²) in [4.78, 5) is 27.7. The summed E-state index contributed by atoms with van der Waals surface area (Å²) in [5.41, 5.74) is -1.66.